The van der Waals surface area contributed by atoms with Crippen molar-refractivity contribution in [3.63, 3.8) is 0 Å². The number of aromatic nitrogens is 1. The molecule has 2 heterocycles. The number of rotatable bonds is 6. The molecule has 1 saturated heterocycles. The van der Waals surface area contributed by atoms with Crippen LogP contribution in [0.15, 0.2) is 29.1 Å². The third kappa shape index (κ3) is 4.14. The zero-order valence-electron chi connectivity index (χ0n) is 15.3. The zero-order chi connectivity index (χ0) is 18.5. The van der Waals surface area contributed by atoms with E-state index in [1.54, 1.807) is 0 Å². The Morgan fingerprint density at radius 1 is 1.19 bits per heavy atom. The number of aliphatic hydroxyl groups excluding tert-OH is 1. The zero-order valence-corrected chi connectivity index (χ0v) is 15.3. The first-order valence-corrected chi connectivity index (χ1v) is 9.31. The molecule has 6 heteroatoms. The van der Waals surface area contributed by atoms with Gasteiger partial charge in [-0.1, -0.05) is 12.1 Å². The molecule has 0 aliphatic carbocycles. The van der Waals surface area contributed by atoms with E-state index in [2.05, 4.69) is 9.88 Å². The third-order valence-corrected chi connectivity index (χ3v) is 5.17. The van der Waals surface area contributed by atoms with Crippen LogP contribution in [0.4, 0.5) is 0 Å². The molecular weight excluding hydrogens is 330 g/mol. The summed E-state index contributed by atoms with van der Waals surface area (Å²) in [5.74, 6) is 0.110. The average Bonchev–Trinajstić information content (AvgIpc) is 2.66. The molecule has 26 heavy (non-hydrogen) atoms. The number of para-hydroxylation sites is 1. The molecule has 1 aromatic heterocycles. The fourth-order valence-electron chi connectivity index (χ4n) is 3.61. The summed E-state index contributed by atoms with van der Waals surface area (Å²) in [5, 5.41) is 9.59. The van der Waals surface area contributed by atoms with Gasteiger partial charge in [0.1, 0.15) is 0 Å². The molecule has 0 radical (unpaired) electrons. The van der Waals surface area contributed by atoms with E-state index in [0.29, 0.717) is 23.8 Å². The second-order valence-electron chi connectivity index (χ2n) is 6.90. The smallest absolute Gasteiger partial charge is 0.222 e. The van der Waals surface area contributed by atoms with Crippen molar-refractivity contribution >= 4 is 16.8 Å². The maximum absolute atomic E-state index is 12.7. The van der Waals surface area contributed by atoms with E-state index in [1.165, 1.54) is 0 Å². The van der Waals surface area contributed by atoms with E-state index in [9.17, 15) is 9.59 Å². The Labute approximate surface area is 153 Å². The van der Waals surface area contributed by atoms with Crippen molar-refractivity contribution in [3.8, 4) is 0 Å². The Hall–Kier alpha value is -2.18. The average molecular weight is 357 g/mol. The van der Waals surface area contributed by atoms with Crippen molar-refractivity contribution in [2.75, 3.05) is 39.3 Å². The lowest BCUT2D eigenvalue weighted by Crippen LogP contribution is -2.49. The molecule has 6 nitrogen and oxygen atoms in total. The van der Waals surface area contributed by atoms with Crippen LogP contribution >= 0.6 is 0 Å². The van der Waals surface area contributed by atoms with Gasteiger partial charge in [-0.05, 0) is 31.9 Å². The highest BCUT2D eigenvalue weighted by Crippen LogP contribution is 2.13. The molecule has 3 rings (SSSR count). The number of benzene rings is 1. The number of nitrogens with zero attached hydrogens (tertiary/aromatic N) is 2. The Balaban J connectivity index is 1.60. The van der Waals surface area contributed by atoms with Crippen LogP contribution in [0.25, 0.3) is 10.9 Å². The van der Waals surface area contributed by atoms with Gasteiger partial charge in [0.15, 0.2) is 5.43 Å². The fraction of sp³-hybridized carbons (Fsp3) is 0.500. The second-order valence-corrected chi connectivity index (χ2v) is 6.90. The van der Waals surface area contributed by atoms with Crippen LogP contribution in [0.1, 0.15) is 24.1 Å². The van der Waals surface area contributed by atoms with Gasteiger partial charge in [0, 0.05) is 67.9 Å². The molecule has 0 bridgehead atoms. The van der Waals surface area contributed by atoms with E-state index in [-0.39, 0.29) is 17.9 Å². The SMILES string of the molecule is Cc1[nH]c2ccccc2c(=O)c1CCC(=O)N1CCN(CCCO)CC1. The second kappa shape index (κ2) is 8.47. The highest BCUT2D eigenvalue weighted by molar-refractivity contribution is 5.80. The first-order valence-electron chi connectivity index (χ1n) is 9.31. The Kier molecular flexibility index (Phi) is 6.06. The lowest BCUT2D eigenvalue weighted by molar-refractivity contribution is -0.132. The lowest BCUT2D eigenvalue weighted by atomic mass is 10.0. The van der Waals surface area contributed by atoms with Gasteiger partial charge in [-0.15, -0.1) is 0 Å². The van der Waals surface area contributed by atoms with Gasteiger partial charge in [-0.25, -0.2) is 0 Å². The summed E-state index contributed by atoms with van der Waals surface area (Å²) in [7, 11) is 0. The first kappa shape index (κ1) is 18.6. The summed E-state index contributed by atoms with van der Waals surface area (Å²) in [6.07, 6.45) is 1.60. The van der Waals surface area contributed by atoms with Crippen LogP contribution in [0.5, 0.6) is 0 Å². The number of pyridine rings is 1. The van der Waals surface area contributed by atoms with Crippen molar-refractivity contribution in [2.45, 2.75) is 26.2 Å². The van der Waals surface area contributed by atoms with Crippen molar-refractivity contribution < 1.29 is 9.90 Å². The molecule has 0 atom stereocenters. The number of aliphatic hydroxyl groups is 1. The fourth-order valence-corrected chi connectivity index (χ4v) is 3.61. The normalized spacial score (nSPS) is 15.5. The number of hydrogen-bond donors (Lipinski definition) is 2. The summed E-state index contributed by atoms with van der Waals surface area (Å²) >= 11 is 0. The van der Waals surface area contributed by atoms with Crippen LogP contribution in [0.2, 0.25) is 0 Å². The number of H-pyrrole nitrogens is 1. The van der Waals surface area contributed by atoms with Crippen LogP contribution in [0, 0.1) is 6.92 Å². The van der Waals surface area contributed by atoms with Gasteiger partial charge in [0.2, 0.25) is 5.91 Å². The number of aromatic amines is 1. The van der Waals surface area contributed by atoms with Gasteiger partial charge >= 0.3 is 0 Å². The summed E-state index contributed by atoms with van der Waals surface area (Å²) < 4.78 is 0. The van der Waals surface area contributed by atoms with Crippen molar-refractivity contribution in [1.29, 1.82) is 0 Å². The Bertz CT molecular complexity index is 823. The Morgan fingerprint density at radius 3 is 2.65 bits per heavy atom. The molecule has 0 unspecified atom stereocenters. The Morgan fingerprint density at radius 2 is 1.92 bits per heavy atom. The highest BCUT2D eigenvalue weighted by atomic mass is 16.3. The molecule has 1 aromatic carbocycles. The van der Waals surface area contributed by atoms with E-state index in [4.69, 9.17) is 5.11 Å². The lowest BCUT2D eigenvalue weighted by Gasteiger charge is -2.34. The van der Waals surface area contributed by atoms with Gasteiger partial charge < -0.3 is 15.0 Å². The van der Waals surface area contributed by atoms with Crippen LogP contribution < -0.4 is 5.43 Å². The highest BCUT2D eigenvalue weighted by Gasteiger charge is 2.21. The van der Waals surface area contributed by atoms with Crippen LogP contribution in [-0.2, 0) is 11.2 Å². The molecule has 0 spiro atoms. The summed E-state index contributed by atoms with van der Waals surface area (Å²) in [6.45, 7) is 6.12. The standard InChI is InChI=1S/C20H27N3O3/c1-15-16(20(26)17-5-2-3-6-18(17)21-15)7-8-19(25)23-12-10-22(11-13-23)9-4-14-24/h2-3,5-6,24H,4,7-14H2,1H3,(H,21,26). The van der Waals surface area contributed by atoms with Crippen molar-refractivity contribution in [1.82, 2.24) is 14.8 Å². The van der Waals surface area contributed by atoms with E-state index in [0.717, 1.165) is 50.4 Å². The minimum absolute atomic E-state index is 0.0264. The third-order valence-electron chi connectivity index (χ3n) is 5.17. The predicted octanol–water partition coefficient (Wildman–Crippen LogP) is 1.30. The van der Waals surface area contributed by atoms with E-state index in [1.807, 2.05) is 36.1 Å². The summed E-state index contributed by atoms with van der Waals surface area (Å²) in [6, 6.07) is 7.48. The number of amides is 1. The molecule has 1 fully saturated rings. The number of aryl methyl sites for hydroxylation is 1. The number of carbonyl (C=O) groups is 1. The largest absolute Gasteiger partial charge is 0.396 e. The minimum atomic E-state index is 0.0264. The van der Waals surface area contributed by atoms with Crippen LogP contribution in [-0.4, -0.2) is 65.1 Å². The number of carbonyl (C=O) groups excluding carboxylic acids is 1. The molecular formula is C20H27N3O3. The van der Waals surface area contributed by atoms with Gasteiger partial charge in [0.25, 0.3) is 0 Å². The molecule has 0 saturated carbocycles. The number of hydrogen-bond acceptors (Lipinski definition) is 4. The molecule has 1 aliphatic heterocycles. The first-order chi connectivity index (χ1) is 12.6. The van der Waals surface area contributed by atoms with Crippen LogP contribution in [0.3, 0.4) is 0 Å². The molecule has 2 aromatic rings. The molecule has 2 N–H and O–H groups in total. The monoisotopic (exact) mass is 357 g/mol. The van der Waals surface area contributed by atoms with E-state index >= 15 is 0 Å². The van der Waals surface area contributed by atoms with Gasteiger partial charge in [-0.3, -0.25) is 14.5 Å². The molecule has 1 aliphatic rings. The predicted molar refractivity (Wildman–Crippen MR) is 102 cm³/mol. The summed E-state index contributed by atoms with van der Waals surface area (Å²) in [4.78, 5) is 32.7. The van der Waals surface area contributed by atoms with Crippen molar-refractivity contribution in [2.24, 2.45) is 0 Å². The number of nitrogens with one attached hydrogen (secondary N) is 1. The molecule has 140 valence electrons. The van der Waals surface area contributed by atoms with E-state index < -0.39 is 0 Å². The quantitative estimate of drug-likeness (QED) is 0.817. The summed E-state index contributed by atoms with van der Waals surface area (Å²) in [5.41, 5.74) is 2.41. The van der Waals surface area contributed by atoms with Crippen molar-refractivity contribution in [3.05, 3.63) is 45.7 Å². The number of fused-ring (bicyclic) bond motifs is 1. The van der Waals surface area contributed by atoms with Gasteiger partial charge in [-0.2, -0.15) is 0 Å². The molecule has 1 amide bonds. The number of piperazine rings is 1. The van der Waals surface area contributed by atoms with Gasteiger partial charge in [0.05, 0.1) is 0 Å². The maximum atomic E-state index is 12.7. The maximum Gasteiger partial charge on any atom is 0.222 e. The topological polar surface area (TPSA) is 76.6 Å². The minimum Gasteiger partial charge on any atom is -0.396 e.